The lowest BCUT2D eigenvalue weighted by molar-refractivity contribution is -0.386. The normalized spacial score (nSPS) is 10.5. The second-order valence-corrected chi connectivity index (χ2v) is 6.57. The molecule has 0 aromatic heterocycles. The fourth-order valence-electron chi connectivity index (χ4n) is 2.39. The van der Waals surface area contributed by atoms with Gasteiger partial charge < -0.3 is 10.4 Å². The second-order valence-electron chi connectivity index (χ2n) is 5.46. The van der Waals surface area contributed by atoms with Gasteiger partial charge >= 0.3 is 5.69 Å². The number of nitrogens with one attached hydrogen (secondary N) is 1. The lowest BCUT2D eigenvalue weighted by atomic mass is 10.2. The van der Waals surface area contributed by atoms with Crippen molar-refractivity contribution in [2.45, 2.75) is 16.3 Å². The minimum Gasteiger partial charge on any atom is -0.500 e. The van der Waals surface area contributed by atoms with Crippen molar-refractivity contribution in [1.82, 2.24) is 0 Å². The van der Waals surface area contributed by atoms with Crippen LogP contribution in [0.5, 0.6) is 5.75 Å². The molecule has 26 heavy (non-hydrogen) atoms. The number of phenols is 1. The molecule has 0 heterocycles. The van der Waals surface area contributed by atoms with E-state index in [0.717, 1.165) is 27.5 Å². The van der Waals surface area contributed by atoms with Crippen LogP contribution in [-0.4, -0.2) is 10.0 Å². The number of hydrogen-bond donors (Lipinski definition) is 2. The first-order valence-electron chi connectivity index (χ1n) is 7.76. The van der Waals surface area contributed by atoms with E-state index in [-0.39, 0.29) is 5.69 Å². The maximum atomic E-state index is 13.7. The number of benzene rings is 3. The first kappa shape index (κ1) is 17.8. The molecular weight excluding hydrogens is 355 g/mol. The Hall–Kier alpha value is -3.06. The lowest BCUT2D eigenvalue weighted by Gasteiger charge is -2.12. The fourth-order valence-corrected chi connectivity index (χ4v) is 3.35. The molecule has 0 aliphatic heterocycles. The Balaban J connectivity index is 1.79. The predicted molar refractivity (Wildman–Crippen MR) is 99.1 cm³/mol. The van der Waals surface area contributed by atoms with Crippen molar-refractivity contribution in [1.29, 1.82) is 0 Å². The van der Waals surface area contributed by atoms with Gasteiger partial charge in [-0.1, -0.05) is 48.2 Å². The van der Waals surface area contributed by atoms with Gasteiger partial charge in [-0.3, -0.25) is 10.1 Å². The molecule has 0 bridgehead atoms. The fraction of sp³-hybridized carbons (Fsp3) is 0.0526. The van der Waals surface area contributed by atoms with Crippen LogP contribution in [-0.2, 0) is 6.54 Å². The third kappa shape index (κ3) is 4.12. The molecule has 0 aliphatic carbocycles. The maximum Gasteiger partial charge on any atom is 0.315 e. The standard InChI is InChI=1S/C19H15FN2O3S/c20-16-10-14(11-17(19(16)23)22(24)25)21-12-13-6-4-5-9-18(13)26-15-7-2-1-3-8-15/h1-11,21,23H,12H2. The molecule has 5 nitrogen and oxygen atoms in total. The largest absolute Gasteiger partial charge is 0.500 e. The van der Waals surface area contributed by atoms with Crippen LogP contribution in [0.15, 0.2) is 76.5 Å². The number of nitrogens with zero attached hydrogens (tertiary/aromatic N) is 1. The van der Waals surface area contributed by atoms with E-state index < -0.39 is 22.2 Å². The SMILES string of the molecule is O=[N+]([O-])c1cc(NCc2ccccc2Sc2ccccc2)cc(F)c1O. The van der Waals surface area contributed by atoms with Crippen molar-refractivity contribution in [3.63, 3.8) is 0 Å². The molecule has 7 heteroatoms. The Bertz CT molecular complexity index is 935. The van der Waals surface area contributed by atoms with Crippen LogP contribution in [0.2, 0.25) is 0 Å². The van der Waals surface area contributed by atoms with Gasteiger partial charge in [-0.15, -0.1) is 0 Å². The Morgan fingerprint density at radius 3 is 2.50 bits per heavy atom. The summed E-state index contributed by atoms with van der Waals surface area (Å²) < 4.78 is 13.7. The van der Waals surface area contributed by atoms with Crippen molar-refractivity contribution < 1.29 is 14.4 Å². The summed E-state index contributed by atoms with van der Waals surface area (Å²) in [6.07, 6.45) is 0. The number of halogens is 1. The van der Waals surface area contributed by atoms with Gasteiger partial charge in [0.15, 0.2) is 5.82 Å². The third-order valence-corrected chi connectivity index (χ3v) is 4.79. The highest BCUT2D eigenvalue weighted by molar-refractivity contribution is 7.99. The van der Waals surface area contributed by atoms with Crippen LogP contribution in [0.3, 0.4) is 0 Å². The van der Waals surface area contributed by atoms with Crippen molar-refractivity contribution >= 4 is 23.1 Å². The molecule has 0 saturated carbocycles. The molecule has 3 aromatic carbocycles. The van der Waals surface area contributed by atoms with Gasteiger partial charge in [-0.05, 0) is 23.8 Å². The van der Waals surface area contributed by atoms with Gasteiger partial charge in [-0.2, -0.15) is 0 Å². The van der Waals surface area contributed by atoms with Crippen LogP contribution in [0, 0.1) is 15.9 Å². The van der Waals surface area contributed by atoms with Gasteiger partial charge in [-0.25, -0.2) is 4.39 Å². The summed E-state index contributed by atoms with van der Waals surface area (Å²) in [4.78, 5) is 12.2. The maximum absolute atomic E-state index is 13.7. The Morgan fingerprint density at radius 1 is 1.08 bits per heavy atom. The van der Waals surface area contributed by atoms with E-state index in [9.17, 15) is 19.6 Å². The van der Waals surface area contributed by atoms with E-state index in [0.29, 0.717) is 6.54 Å². The van der Waals surface area contributed by atoms with Gasteiger partial charge in [0.25, 0.3) is 0 Å². The molecule has 0 amide bonds. The predicted octanol–water partition coefficient (Wildman–Crippen LogP) is 5.20. The van der Waals surface area contributed by atoms with Gasteiger partial charge in [0.05, 0.1) is 4.92 Å². The zero-order chi connectivity index (χ0) is 18.5. The number of nitro groups is 1. The average Bonchev–Trinajstić information content (AvgIpc) is 2.64. The van der Waals surface area contributed by atoms with Gasteiger partial charge in [0.2, 0.25) is 5.75 Å². The van der Waals surface area contributed by atoms with Gasteiger partial charge in [0, 0.05) is 34.2 Å². The molecule has 3 rings (SSSR count). The van der Waals surface area contributed by atoms with E-state index in [2.05, 4.69) is 5.32 Å². The number of hydrogen-bond acceptors (Lipinski definition) is 5. The van der Waals surface area contributed by atoms with Crippen molar-refractivity contribution in [3.05, 3.63) is 88.2 Å². The van der Waals surface area contributed by atoms with Gasteiger partial charge in [0.1, 0.15) is 0 Å². The monoisotopic (exact) mass is 370 g/mol. The van der Waals surface area contributed by atoms with E-state index in [4.69, 9.17) is 0 Å². The summed E-state index contributed by atoms with van der Waals surface area (Å²) in [5.74, 6) is -1.99. The molecule has 0 spiro atoms. The van der Waals surface area contributed by atoms with E-state index in [1.807, 2.05) is 54.6 Å². The summed E-state index contributed by atoms with van der Waals surface area (Å²) in [6, 6.07) is 19.8. The smallest absolute Gasteiger partial charge is 0.315 e. The molecule has 0 aliphatic rings. The van der Waals surface area contributed by atoms with Crippen LogP contribution in [0.1, 0.15) is 5.56 Å². The molecular formula is C19H15FN2O3S. The number of phenolic OH excluding ortho intramolecular Hbond substituents is 1. The zero-order valence-electron chi connectivity index (χ0n) is 13.6. The Morgan fingerprint density at radius 2 is 1.77 bits per heavy atom. The topological polar surface area (TPSA) is 75.4 Å². The van der Waals surface area contributed by atoms with Crippen LogP contribution < -0.4 is 5.32 Å². The minimum absolute atomic E-state index is 0.228. The summed E-state index contributed by atoms with van der Waals surface area (Å²) in [7, 11) is 0. The Kier molecular flexibility index (Phi) is 5.38. The summed E-state index contributed by atoms with van der Waals surface area (Å²) in [6.45, 7) is 0.359. The van der Waals surface area contributed by atoms with Crippen molar-refractivity contribution in [3.8, 4) is 5.75 Å². The molecule has 0 atom stereocenters. The van der Waals surface area contributed by atoms with E-state index in [1.165, 1.54) is 0 Å². The molecule has 0 saturated heterocycles. The minimum atomic E-state index is -1.03. The van der Waals surface area contributed by atoms with E-state index >= 15 is 0 Å². The lowest BCUT2D eigenvalue weighted by Crippen LogP contribution is -2.02. The number of nitro benzene ring substituents is 1. The third-order valence-electron chi connectivity index (χ3n) is 3.67. The van der Waals surface area contributed by atoms with Crippen molar-refractivity contribution in [2.24, 2.45) is 0 Å². The number of anilines is 1. The van der Waals surface area contributed by atoms with Crippen LogP contribution in [0.25, 0.3) is 0 Å². The zero-order valence-corrected chi connectivity index (χ0v) is 14.4. The highest BCUT2D eigenvalue weighted by Crippen LogP contribution is 2.33. The summed E-state index contributed by atoms with van der Waals surface area (Å²) >= 11 is 1.60. The quantitative estimate of drug-likeness (QED) is 0.354. The molecule has 2 N–H and O–H groups in total. The summed E-state index contributed by atoms with van der Waals surface area (Å²) in [5.41, 5.74) is 0.531. The highest BCUT2D eigenvalue weighted by atomic mass is 32.2. The van der Waals surface area contributed by atoms with E-state index in [1.54, 1.807) is 11.8 Å². The van der Waals surface area contributed by atoms with Crippen LogP contribution in [0.4, 0.5) is 15.8 Å². The van der Waals surface area contributed by atoms with Crippen molar-refractivity contribution in [2.75, 3.05) is 5.32 Å². The molecule has 0 unspecified atom stereocenters. The molecule has 0 fully saturated rings. The first-order chi connectivity index (χ1) is 12.5. The first-order valence-corrected chi connectivity index (χ1v) is 8.58. The Labute approximate surface area is 153 Å². The molecule has 0 radical (unpaired) electrons. The number of aromatic hydroxyl groups is 1. The second kappa shape index (κ2) is 7.88. The number of rotatable bonds is 6. The average molecular weight is 370 g/mol. The molecule has 132 valence electrons. The summed E-state index contributed by atoms with van der Waals surface area (Å²) in [5, 5.41) is 23.3. The molecule has 3 aromatic rings. The van der Waals surface area contributed by atoms with Crippen LogP contribution >= 0.6 is 11.8 Å². The highest BCUT2D eigenvalue weighted by Gasteiger charge is 2.19.